The lowest BCUT2D eigenvalue weighted by Gasteiger charge is -2.25. The van der Waals surface area contributed by atoms with Crippen LogP contribution in [-0.4, -0.2) is 27.8 Å². The van der Waals surface area contributed by atoms with E-state index in [4.69, 9.17) is 20.9 Å². The first kappa shape index (κ1) is 23.3. The Morgan fingerprint density at radius 2 is 1.61 bits per heavy atom. The Morgan fingerprint density at radius 3 is 2.15 bits per heavy atom. The maximum Gasteiger partial charge on any atom is 0.255 e. The van der Waals surface area contributed by atoms with Crippen LogP contribution in [0, 0.1) is 0 Å². The smallest absolute Gasteiger partial charge is 0.255 e. The molecule has 0 atom stereocenters. The van der Waals surface area contributed by atoms with Gasteiger partial charge in [0.25, 0.3) is 5.91 Å². The molecule has 0 spiro atoms. The van der Waals surface area contributed by atoms with Crippen molar-refractivity contribution in [2.45, 2.75) is 25.3 Å². The number of hydrogen-bond acceptors (Lipinski definition) is 7. The zero-order valence-electron chi connectivity index (χ0n) is 17.9. The van der Waals surface area contributed by atoms with E-state index in [0.29, 0.717) is 17.5 Å². The Kier molecular flexibility index (Phi) is 7.96. The Morgan fingerprint density at radius 1 is 1.00 bits per heavy atom. The number of nitrogens with two attached hydrogens (primary N) is 2. The van der Waals surface area contributed by atoms with Crippen molar-refractivity contribution in [1.82, 2.24) is 15.3 Å². The van der Waals surface area contributed by atoms with Gasteiger partial charge in [0.2, 0.25) is 17.7 Å². The first-order chi connectivity index (χ1) is 15.9. The van der Waals surface area contributed by atoms with Crippen LogP contribution in [0.15, 0.2) is 73.4 Å². The molecule has 1 fully saturated rings. The summed E-state index contributed by atoms with van der Waals surface area (Å²) in [7, 11) is 0. The molecule has 0 bridgehead atoms. The molecule has 2 amide bonds. The zero-order valence-corrected chi connectivity index (χ0v) is 17.9. The molecule has 0 unspecified atom stereocenters. The summed E-state index contributed by atoms with van der Waals surface area (Å²) in [4.78, 5) is 29.6. The van der Waals surface area contributed by atoms with Gasteiger partial charge in [-0.15, -0.1) is 0 Å². The number of primary amides is 1. The third-order valence-electron chi connectivity index (χ3n) is 4.69. The molecule has 5 N–H and O–H groups in total. The number of nitrogens with one attached hydrogen (secondary N) is 1. The molecule has 4 rings (SSSR count). The molecule has 2 aromatic carbocycles. The second kappa shape index (κ2) is 11.3. The molecule has 170 valence electrons. The van der Waals surface area contributed by atoms with Crippen molar-refractivity contribution in [2.75, 3.05) is 5.73 Å². The third-order valence-corrected chi connectivity index (χ3v) is 4.69. The van der Waals surface area contributed by atoms with Crippen LogP contribution in [0.4, 0.5) is 5.95 Å². The predicted octanol–water partition coefficient (Wildman–Crippen LogP) is 3.58. The Labute approximate surface area is 191 Å². The summed E-state index contributed by atoms with van der Waals surface area (Å²) in [5.41, 5.74) is 10.8. The van der Waals surface area contributed by atoms with Gasteiger partial charge in [-0.25, -0.2) is 4.98 Å². The summed E-state index contributed by atoms with van der Waals surface area (Å²) in [5.74, 6) is 1.08. The number of amides is 2. The molecule has 1 saturated carbocycles. The van der Waals surface area contributed by atoms with Crippen LogP contribution < -0.4 is 26.3 Å². The van der Waals surface area contributed by atoms with Gasteiger partial charge in [-0.3, -0.25) is 9.59 Å². The van der Waals surface area contributed by atoms with E-state index in [9.17, 15) is 9.59 Å². The van der Waals surface area contributed by atoms with E-state index in [1.165, 1.54) is 18.7 Å². The first-order valence-electron chi connectivity index (χ1n) is 10.3. The Bertz CT molecular complexity index is 1100. The van der Waals surface area contributed by atoms with E-state index in [1.54, 1.807) is 24.3 Å². The summed E-state index contributed by atoms with van der Waals surface area (Å²) in [6, 6.07) is 16.7. The molecule has 9 nitrogen and oxygen atoms in total. The fourth-order valence-electron chi connectivity index (χ4n) is 2.75. The van der Waals surface area contributed by atoms with E-state index in [1.807, 2.05) is 30.3 Å². The normalized spacial score (nSPS) is 12.4. The zero-order chi connectivity index (χ0) is 23.6. The summed E-state index contributed by atoms with van der Waals surface area (Å²) in [6.45, 7) is 3.36. The molecular weight excluding hydrogens is 422 g/mol. The molecule has 3 aromatic rings. The Balaban J connectivity index is 0.000000286. The summed E-state index contributed by atoms with van der Waals surface area (Å²) < 4.78 is 11.3. The number of anilines is 1. The molecule has 1 aliphatic rings. The van der Waals surface area contributed by atoms with Crippen LogP contribution in [0.25, 0.3) is 0 Å². The molecule has 9 heteroatoms. The molecule has 1 aromatic heterocycles. The number of aromatic nitrogens is 2. The van der Waals surface area contributed by atoms with Crippen molar-refractivity contribution in [3.8, 4) is 23.1 Å². The van der Waals surface area contributed by atoms with Gasteiger partial charge in [-0.05, 0) is 61.7 Å². The highest BCUT2D eigenvalue weighted by molar-refractivity contribution is 5.94. The molecule has 0 radical (unpaired) electrons. The number of para-hydroxylation sites is 1. The average Bonchev–Trinajstić information content (AvgIpc) is 2.78. The third kappa shape index (κ3) is 7.06. The number of hydrogen-bond donors (Lipinski definition) is 3. The highest BCUT2D eigenvalue weighted by atomic mass is 16.5. The number of benzene rings is 2. The van der Waals surface area contributed by atoms with Gasteiger partial charge in [-0.2, -0.15) is 4.98 Å². The van der Waals surface area contributed by atoms with Crippen molar-refractivity contribution in [3.63, 3.8) is 0 Å². The highest BCUT2D eigenvalue weighted by Crippen LogP contribution is 2.27. The van der Waals surface area contributed by atoms with Crippen molar-refractivity contribution in [3.05, 3.63) is 79.0 Å². The van der Waals surface area contributed by atoms with E-state index >= 15 is 0 Å². The van der Waals surface area contributed by atoms with Crippen molar-refractivity contribution < 1.29 is 19.1 Å². The molecule has 0 aliphatic heterocycles. The monoisotopic (exact) mass is 447 g/mol. The summed E-state index contributed by atoms with van der Waals surface area (Å²) >= 11 is 0. The molecule has 1 aliphatic carbocycles. The van der Waals surface area contributed by atoms with E-state index < -0.39 is 5.91 Å². The largest absolute Gasteiger partial charge is 0.457 e. The molecule has 0 saturated heterocycles. The van der Waals surface area contributed by atoms with Crippen LogP contribution in [0.2, 0.25) is 0 Å². The second-order valence-corrected chi connectivity index (χ2v) is 7.14. The minimum absolute atomic E-state index is 0.00623. The first-order valence-corrected chi connectivity index (χ1v) is 10.3. The SMILES string of the molecule is C=CC(=O)NC1CCC1.NC(=O)c1cnc(N)nc1Oc1ccc(Oc2ccccc2)cc1. The Hall–Kier alpha value is -4.40. The quantitative estimate of drug-likeness (QED) is 0.470. The van der Waals surface area contributed by atoms with Crippen LogP contribution in [0.1, 0.15) is 29.6 Å². The van der Waals surface area contributed by atoms with E-state index in [-0.39, 0.29) is 23.3 Å². The average molecular weight is 447 g/mol. The highest BCUT2D eigenvalue weighted by Gasteiger charge is 2.17. The van der Waals surface area contributed by atoms with Crippen molar-refractivity contribution in [1.29, 1.82) is 0 Å². The number of carbonyl (C=O) groups excluding carboxylic acids is 2. The van der Waals surface area contributed by atoms with Gasteiger partial charge in [-0.1, -0.05) is 24.8 Å². The van der Waals surface area contributed by atoms with Crippen LogP contribution in [-0.2, 0) is 4.79 Å². The minimum Gasteiger partial charge on any atom is -0.457 e. The van der Waals surface area contributed by atoms with E-state index in [2.05, 4.69) is 21.9 Å². The topological polar surface area (TPSA) is 142 Å². The van der Waals surface area contributed by atoms with Crippen molar-refractivity contribution in [2.24, 2.45) is 5.73 Å². The predicted molar refractivity (Wildman–Crippen MR) is 124 cm³/mol. The number of carbonyl (C=O) groups is 2. The van der Waals surface area contributed by atoms with Crippen molar-refractivity contribution >= 4 is 17.8 Å². The lowest BCUT2D eigenvalue weighted by Crippen LogP contribution is -2.38. The molecule has 33 heavy (non-hydrogen) atoms. The maximum atomic E-state index is 11.4. The lowest BCUT2D eigenvalue weighted by atomic mass is 9.93. The van der Waals surface area contributed by atoms with Gasteiger partial charge in [0.1, 0.15) is 22.8 Å². The van der Waals surface area contributed by atoms with Gasteiger partial charge in [0.05, 0.1) is 0 Å². The molecular formula is C24H25N5O4. The van der Waals surface area contributed by atoms with Gasteiger partial charge >= 0.3 is 0 Å². The fraction of sp³-hybridized carbons (Fsp3) is 0.167. The van der Waals surface area contributed by atoms with Gasteiger partial charge < -0.3 is 26.3 Å². The molecule has 1 heterocycles. The number of nitrogens with zero attached hydrogens (tertiary/aromatic N) is 2. The second-order valence-electron chi connectivity index (χ2n) is 7.14. The minimum atomic E-state index is -0.700. The standard InChI is InChI=1S/C17H14N4O3.C7H11NO/c18-15(22)14-10-20-17(19)21-16(14)24-13-8-6-12(7-9-13)23-11-4-2-1-3-5-11;1-2-7(9)8-6-4-3-5-6/h1-10H,(H2,18,22)(H2,19,20,21);2,6H,1,3-5H2,(H,8,9). The number of nitrogen functional groups attached to an aromatic ring is 1. The van der Waals surface area contributed by atoms with Gasteiger partial charge in [0.15, 0.2) is 0 Å². The fourth-order valence-corrected chi connectivity index (χ4v) is 2.75. The summed E-state index contributed by atoms with van der Waals surface area (Å²) in [5, 5.41) is 2.81. The van der Waals surface area contributed by atoms with Crippen LogP contribution >= 0.6 is 0 Å². The van der Waals surface area contributed by atoms with E-state index in [0.717, 1.165) is 18.6 Å². The van der Waals surface area contributed by atoms with Gasteiger partial charge in [0, 0.05) is 12.2 Å². The van der Waals surface area contributed by atoms with Crippen LogP contribution in [0.5, 0.6) is 23.1 Å². The lowest BCUT2D eigenvalue weighted by molar-refractivity contribution is -0.117. The maximum absolute atomic E-state index is 11.4. The number of rotatable bonds is 7. The summed E-state index contributed by atoms with van der Waals surface area (Å²) in [6.07, 6.45) is 6.08. The number of ether oxygens (including phenoxy) is 2. The van der Waals surface area contributed by atoms with Crippen LogP contribution in [0.3, 0.4) is 0 Å².